The third-order valence-electron chi connectivity index (χ3n) is 3.83. The first-order valence-corrected chi connectivity index (χ1v) is 6.56. The van der Waals surface area contributed by atoms with Crippen molar-refractivity contribution in [2.24, 2.45) is 0 Å². The van der Waals surface area contributed by atoms with Gasteiger partial charge in [0.2, 0.25) is 0 Å². The number of aromatic nitrogens is 1. The summed E-state index contributed by atoms with van der Waals surface area (Å²) < 4.78 is 2.26. The lowest BCUT2D eigenvalue weighted by atomic mass is 10.1. The van der Waals surface area contributed by atoms with Crippen molar-refractivity contribution in [3.8, 4) is 0 Å². The fraction of sp³-hybridized carbons (Fsp3) is 0.643. The van der Waals surface area contributed by atoms with Gasteiger partial charge in [-0.05, 0) is 45.8 Å². The largest absolute Gasteiger partial charge is 0.347 e. The van der Waals surface area contributed by atoms with Crippen LogP contribution < -0.4 is 0 Å². The van der Waals surface area contributed by atoms with Gasteiger partial charge in [0.25, 0.3) is 0 Å². The molecule has 1 aliphatic rings. The Balaban J connectivity index is 1.98. The molecule has 1 fully saturated rings. The van der Waals surface area contributed by atoms with Gasteiger partial charge >= 0.3 is 0 Å². The lowest BCUT2D eigenvalue weighted by molar-refractivity contribution is 0.112. The first-order valence-electron chi connectivity index (χ1n) is 6.56. The average molecular weight is 234 g/mol. The average Bonchev–Trinajstić information content (AvgIpc) is 2.63. The van der Waals surface area contributed by atoms with Crippen LogP contribution in [0.2, 0.25) is 0 Å². The number of carbonyl (C=O) groups is 1. The molecule has 1 saturated heterocycles. The Hall–Kier alpha value is -1.09. The summed E-state index contributed by atoms with van der Waals surface area (Å²) in [6.45, 7) is 8.70. The highest BCUT2D eigenvalue weighted by Gasteiger charge is 2.12. The molecule has 2 rings (SSSR count). The molecule has 0 saturated carbocycles. The minimum Gasteiger partial charge on any atom is -0.347 e. The Bertz CT molecular complexity index is 389. The van der Waals surface area contributed by atoms with Gasteiger partial charge in [0.15, 0.2) is 6.29 Å². The zero-order valence-corrected chi connectivity index (χ0v) is 10.9. The second kappa shape index (κ2) is 5.50. The van der Waals surface area contributed by atoms with E-state index < -0.39 is 0 Å². The third kappa shape index (κ3) is 2.78. The predicted molar refractivity (Wildman–Crippen MR) is 69.6 cm³/mol. The topological polar surface area (TPSA) is 25.2 Å². The first-order chi connectivity index (χ1) is 8.22. The standard InChI is InChI=1S/C14H22N2O/c1-12-10-14(11-17)13(2)16(12)9-8-15-6-4-3-5-7-15/h10-11H,3-9H2,1-2H3. The molecule has 0 spiro atoms. The normalized spacial score (nSPS) is 17.3. The van der Waals surface area contributed by atoms with E-state index in [1.807, 2.05) is 13.0 Å². The predicted octanol–water partition coefficient (Wildman–Crippen LogP) is 2.40. The minimum absolute atomic E-state index is 0.834. The molecule has 0 amide bonds. The summed E-state index contributed by atoms with van der Waals surface area (Å²) in [5.41, 5.74) is 3.14. The maximum absolute atomic E-state index is 10.9. The molecule has 3 heteroatoms. The summed E-state index contributed by atoms with van der Waals surface area (Å²) in [6, 6.07) is 1.98. The van der Waals surface area contributed by atoms with E-state index in [0.717, 1.165) is 30.6 Å². The number of hydrogen-bond acceptors (Lipinski definition) is 2. The molecule has 17 heavy (non-hydrogen) atoms. The van der Waals surface area contributed by atoms with E-state index in [1.54, 1.807) is 0 Å². The van der Waals surface area contributed by atoms with Crippen LogP contribution in [0.5, 0.6) is 0 Å². The Labute approximate surface area is 103 Å². The lowest BCUT2D eigenvalue weighted by Gasteiger charge is -2.27. The van der Waals surface area contributed by atoms with Crippen molar-refractivity contribution in [2.75, 3.05) is 19.6 Å². The molecular formula is C14H22N2O. The van der Waals surface area contributed by atoms with E-state index in [9.17, 15) is 4.79 Å². The molecule has 0 bridgehead atoms. The minimum atomic E-state index is 0.834. The molecule has 94 valence electrons. The van der Waals surface area contributed by atoms with E-state index in [4.69, 9.17) is 0 Å². The van der Waals surface area contributed by atoms with Gasteiger partial charge in [-0.15, -0.1) is 0 Å². The van der Waals surface area contributed by atoms with Crippen LogP contribution in [0.15, 0.2) is 6.07 Å². The lowest BCUT2D eigenvalue weighted by Crippen LogP contribution is -2.32. The molecule has 0 aromatic carbocycles. The molecule has 0 N–H and O–H groups in total. The van der Waals surface area contributed by atoms with Gasteiger partial charge in [-0.25, -0.2) is 0 Å². The highest BCUT2D eigenvalue weighted by atomic mass is 16.1. The second-order valence-corrected chi connectivity index (χ2v) is 5.00. The Kier molecular flexibility index (Phi) is 4.00. The number of hydrogen-bond donors (Lipinski definition) is 0. The van der Waals surface area contributed by atoms with Gasteiger partial charge in [0.05, 0.1) is 0 Å². The maximum atomic E-state index is 10.9. The zero-order valence-electron chi connectivity index (χ0n) is 10.9. The van der Waals surface area contributed by atoms with Gasteiger partial charge in [0.1, 0.15) is 0 Å². The van der Waals surface area contributed by atoms with Crippen LogP contribution in [0, 0.1) is 13.8 Å². The first kappa shape index (κ1) is 12.4. The maximum Gasteiger partial charge on any atom is 0.151 e. The van der Waals surface area contributed by atoms with Gasteiger partial charge < -0.3 is 9.47 Å². The number of likely N-dealkylation sites (tertiary alicyclic amines) is 1. The van der Waals surface area contributed by atoms with E-state index in [1.165, 1.54) is 38.0 Å². The molecule has 0 radical (unpaired) electrons. The molecule has 1 aromatic heterocycles. The van der Waals surface area contributed by atoms with Crippen molar-refractivity contribution in [2.45, 2.75) is 39.7 Å². The van der Waals surface area contributed by atoms with Crippen molar-refractivity contribution in [1.29, 1.82) is 0 Å². The van der Waals surface area contributed by atoms with Gasteiger partial charge in [-0.3, -0.25) is 4.79 Å². The monoisotopic (exact) mass is 234 g/mol. The molecule has 3 nitrogen and oxygen atoms in total. The summed E-state index contributed by atoms with van der Waals surface area (Å²) in [4.78, 5) is 13.4. The van der Waals surface area contributed by atoms with Crippen molar-refractivity contribution in [3.63, 3.8) is 0 Å². The van der Waals surface area contributed by atoms with Gasteiger partial charge in [-0.1, -0.05) is 6.42 Å². The van der Waals surface area contributed by atoms with Crippen LogP contribution in [0.3, 0.4) is 0 Å². The number of aldehydes is 1. The van der Waals surface area contributed by atoms with Crippen LogP contribution >= 0.6 is 0 Å². The SMILES string of the molecule is Cc1cc(C=O)c(C)n1CCN1CCCCC1. The van der Waals surface area contributed by atoms with Crippen molar-refractivity contribution >= 4 is 6.29 Å². The molecule has 1 aliphatic heterocycles. The van der Waals surface area contributed by atoms with Crippen molar-refractivity contribution in [3.05, 3.63) is 23.0 Å². The van der Waals surface area contributed by atoms with E-state index in [-0.39, 0.29) is 0 Å². The molecule has 0 atom stereocenters. The highest BCUT2D eigenvalue weighted by Crippen LogP contribution is 2.14. The molecular weight excluding hydrogens is 212 g/mol. The Morgan fingerprint density at radius 2 is 1.88 bits per heavy atom. The van der Waals surface area contributed by atoms with Crippen molar-refractivity contribution < 1.29 is 4.79 Å². The summed E-state index contributed by atoms with van der Waals surface area (Å²) >= 11 is 0. The van der Waals surface area contributed by atoms with Crippen LogP contribution in [-0.4, -0.2) is 35.4 Å². The highest BCUT2D eigenvalue weighted by molar-refractivity contribution is 5.77. The fourth-order valence-electron chi connectivity index (χ4n) is 2.72. The fourth-order valence-corrected chi connectivity index (χ4v) is 2.72. The molecule has 0 aliphatic carbocycles. The number of rotatable bonds is 4. The third-order valence-corrected chi connectivity index (χ3v) is 3.83. The Morgan fingerprint density at radius 3 is 2.47 bits per heavy atom. The van der Waals surface area contributed by atoms with Crippen molar-refractivity contribution in [1.82, 2.24) is 9.47 Å². The number of piperidine rings is 1. The zero-order chi connectivity index (χ0) is 12.3. The van der Waals surface area contributed by atoms with Gasteiger partial charge in [0, 0.05) is 30.0 Å². The smallest absolute Gasteiger partial charge is 0.151 e. The summed E-state index contributed by atoms with van der Waals surface area (Å²) in [7, 11) is 0. The van der Waals surface area contributed by atoms with Gasteiger partial charge in [-0.2, -0.15) is 0 Å². The van der Waals surface area contributed by atoms with E-state index in [0.29, 0.717) is 0 Å². The number of aryl methyl sites for hydroxylation is 1. The van der Waals surface area contributed by atoms with Crippen LogP contribution in [0.1, 0.15) is 41.0 Å². The van der Waals surface area contributed by atoms with Crippen LogP contribution in [0.25, 0.3) is 0 Å². The van der Waals surface area contributed by atoms with E-state index >= 15 is 0 Å². The summed E-state index contributed by atoms with van der Waals surface area (Å²) in [5, 5.41) is 0. The second-order valence-electron chi connectivity index (χ2n) is 5.00. The number of nitrogens with zero attached hydrogens (tertiary/aromatic N) is 2. The van der Waals surface area contributed by atoms with Crippen LogP contribution in [0.4, 0.5) is 0 Å². The molecule has 2 heterocycles. The Morgan fingerprint density at radius 1 is 1.18 bits per heavy atom. The van der Waals surface area contributed by atoms with E-state index in [2.05, 4.69) is 16.4 Å². The number of carbonyl (C=O) groups excluding carboxylic acids is 1. The molecule has 1 aromatic rings. The quantitative estimate of drug-likeness (QED) is 0.747. The summed E-state index contributed by atoms with van der Waals surface area (Å²) in [6.07, 6.45) is 5.01. The van der Waals surface area contributed by atoms with Crippen LogP contribution in [-0.2, 0) is 6.54 Å². The summed E-state index contributed by atoms with van der Waals surface area (Å²) in [5.74, 6) is 0. The molecule has 0 unspecified atom stereocenters.